The zero-order valence-electron chi connectivity index (χ0n) is 75.6. The van der Waals surface area contributed by atoms with Gasteiger partial charge in [0.1, 0.15) is 106 Å². The molecule has 8 N–H and O–H groups in total. The molecule has 0 saturated carbocycles. The molecule has 0 aliphatic carbocycles. The smallest absolute Gasteiger partial charge is 0.266 e. The van der Waals surface area contributed by atoms with Gasteiger partial charge in [-0.25, -0.2) is 9.80 Å². The predicted molar refractivity (Wildman–Crippen MR) is 486 cm³/mol. The molecule has 0 unspecified atom stereocenters. The lowest BCUT2D eigenvalue weighted by Crippen LogP contribution is -2.60. The monoisotopic (exact) mass is 1710 g/mol. The highest BCUT2D eigenvalue weighted by Gasteiger charge is 2.49. The SMILES string of the molecule is CC(C)(C)CC(C)(C)c1ccc(Oc2cc3c4c(cc(Oc5ccc(C(C)(C)CC(C)(C)C)cc5)c5c6c(Oc7ccc(C(C)(C)CC(C)(C)C)cc7)cc7c8c(cc(Oc9ccc(C(C)(C)CC(C)(C)C)cc9)c(c2c45)c86)C(=O)N(c2ccc(O[C@@H]4O[C@H](CO)[C@@H](O)[C@H](O)[C@H]4O)cc2)C7=O)C(=O)N(c2ccc(O[C@@H]4O[C@H](CO)[C@@H](O)[C@H](O)[C@H]4O)cc2)C3=O)cc1. The minimum atomic E-state index is -1.75. The summed E-state index contributed by atoms with van der Waals surface area (Å²) < 4.78 is 53.5. The number of nitrogens with zero attached hydrogens (tertiary/aromatic N) is 2. The molecule has 0 aromatic heterocycles. The molecule has 2 fully saturated rings. The van der Waals surface area contributed by atoms with Crippen LogP contribution >= 0.6 is 0 Å². The molecule has 126 heavy (non-hydrogen) atoms. The van der Waals surface area contributed by atoms with Gasteiger partial charge in [-0.05, 0) is 213 Å². The highest BCUT2D eigenvalue weighted by atomic mass is 16.7. The van der Waals surface area contributed by atoms with Crippen LogP contribution in [0.4, 0.5) is 11.4 Å². The second-order valence-corrected chi connectivity index (χ2v) is 42.2. The Bertz CT molecular complexity index is 5330. The summed E-state index contributed by atoms with van der Waals surface area (Å²) in [5.41, 5.74) is 2.83. The number of carbonyl (C=O) groups excluding carboxylic acids is 4. The van der Waals surface area contributed by atoms with Gasteiger partial charge in [0.15, 0.2) is 0 Å². The summed E-state index contributed by atoms with van der Waals surface area (Å²) in [4.78, 5) is 68.4. The van der Waals surface area contributed by atoms with E-state index in [-0.39, 0.29) is 155 Å². The van der Waals surface area contributed by atoms with Crippen molar-refractivity contribution in [3.05, 3.63) is 214 Å². The molecule has 22 heteroatoms. The van der Waals surface area contributed by atoms with Gasteiger partial charge in [0.2, 0.25) is 12.6 Å². The molecule has 0 radical (unpaired) electrons. The molecule has 10 atom stereocenters. The second kappa shape index (κ2) is 32.9. The molecule has 4 amide bonds. The minimum Gasteiger partial charge on any atom is -0.462 e. The quantitative estimate of drug-likeness (QED) is 0.0158. The third-order valence-electron chi connectivity index (χ3n) is 24.6. The molecule has 4 heterocycles. The van der Waals surface area contributed by atoms with Gasteiger partial charge in [0.05, 0.1) is 46.8 Å². The normalized spacial score (nSPS) is 21.2. The Kier molecular flexibility index (Phi) is 23.6. The minimum absolute atomic E-state index is 0.00710. The van der Waals surface area contributed by atoms with Gasteiger partial charge in [-0.15, -0.1) is 0 Å². The van der Waals surface area contributed by atoms with E-state index in [9.17, 15) is 40.9 Å². The number of amides is 4. The zero-order chi connectivity index (χ0) is 91.1. The molecular formula is C104H118N2O20. The maximum atomic E-state index is 16.6. The summed E-state index contributed by atoms with van der Waals surface area (Å²) in [6.45, 7) is 42.6. The Balaban J connectivity index is 1.04. The molecule has 0 bridgehead atoms. The standard InChI is InChI=1S/C104H118N2O20/c1-97(2,3)51-101(13,14)55-21-33-61(34-22-55)119-71-45-67-77-68(92(116)105(91(67)115)59-29-41-65(42-30-59)123-95-89(113)87(111)85(109)75(49-107)125-95)47-73(121-63-37-25-57(26-38-63)103(17,18)53-99(7,8)9)81-82-74(122-64-39-27-58(28-40-64)104(19,20)54-100(10,11)12)48-70-78-69(93(117)106(94(70)118)60-31-43-66(44-32-60)124-96-90(114)88(112)86(110)76(50-108)126-96)46-72(80(84(78)82)79(71)83(77)81)120-62-35-23-56(24-36-62)102(15,16)52-98(4,5)6/h21-48,75-76,85-90,95-96,107-114H,49-54H2,1-20H3/t75-,76-,85-,86-,87+,88+,89-,90-,95-,96-/m1/s1. The van der Waals surface area contributed by atoms with Crippen LogP contribution in [0.25, 0.3) is 43.1 Å². The highest BCUT2D eigenvalue weighted by molar-refractivity contribution is 6.48. The number of aliphatic hydroxyl groups excluding tert-OH is 8. The van der Waals surface area contributed by atoms with E-state index in [0.29, 0.717) is 23.0 Å². The number of fused-ring (bicyclic) bond motifs is 2. The zero-order valence-corrected chi connectivity index (χ0v) is 75.6. The van der Waals surface area contributed by atoms with Gasteiger partial charge in [0, 0.05) is 43.1 Å². The Hall–Kier alpha value is -10.6. The molecule has 4 aliphatic rings. The number of carbonyl (C=O) groups is 4. The van der Waals surface area contributed by atoms with Gasteiger partial charge in [-0.3, -0.25) is 19.2 Å². The van der Waals surface area contributed by atoms with E-state index in [0.717, 1.165) is 57.7 Å². The van der Waals surface area contributed by atoms with E-state index >= 15 is 19.2 Å². The fourth-order valence-corrected chi connectivity index (χ4v) is 20.4. The molecule has 2 saturated heterocycles. The van der Waals surface area contributed by atoms with Crippen molar-refractivity contribution >= 4 is 78.1 Å². The molecule has 11 aromatic rings. The van der Waals surface area contributed by atoms with E-state index in [1.165, 1.54) is 48.5 Å². The van der Waals surface area contributed by atoms with Crippen LogP contribution < -0.4 is 38.2 Å². The van der Waals surface area contributed by atoms with Crippen molar-refractivity contribution in [2.75, 3.05) is 23.0 Å². The number of anilines is 2. The maximum absolute atomic E-state index is 16.6. The Morgan fingerprint density at radius 2 is 0.492 bits per heavy atom. The van der Waals surface area contributed by atoms with Crippen LogP contribution in [-0.4, -0.2) is 139 Å². The lowest BCUT2D eigenvalue weighted by Gasteiger charge is -2.39. The first kappa shape index (κ1) is 90.2. The van der Waals surface area contributed by atoms with Gasteiger partial charge in [0.25, 0.3) is 23.6 Å². The topological polar surface area (TPSA) is 310 Å². The van der Waals surface area contributed by atoms with Crippen molar-refractivity contribution in [3.63, 3.8) is 0 Å². The van der Waals surface area contributed by atoms with Crippen molar-refractivity contribution in [1.29, 1.82) is 0 Å². The van der Waals surface area contributed by atoms with E-state index in [1.807, 2.05) is 97.1 Å². The van der Waals surface area contributed by atoms with Crippen LogP contribution in [0.3, 0.4) is 0 Å². The molecule has 0 spiro atoms. The van der Waals surface area contributed by atoms with Crippen molar-refractivity contribution in [1.82, 2.24) is 0 Å². The molecular weight excluding hydrogens is 1600 g/mol. The second-order valence-electron chi connectivity index (χ2n) is 42.2. The average Bonchev–Trinajstić information content (AvgIpc) is 0.668. The number of rotatable bonds is 24. The van der Waals surface area contributed by atoms with Crippen molar-refractivity contribution < 1.29 is 97.9 Å². The molecule has 15 rings (SSSR count). The number of benzene rings is 11. The van der Waals surface area contributed by atoms with Crippen molar-refractivity contribution in [2.45, 2.75) is 247 Å². The van der Waals surface area contributed by atoms with Crippen molar-refractivity contribution in [2.24, 2.45) is 21.7 Å². The highest BCUT2D eigenvalue weighted by Crippen LogP contribution is 2.59. The summed E-state index contributed by atoms with van der Waals surface area (Å²) in [6.07, 6.45) is -12.7. The van der Waals surface area contributed by atoms with Gasteiger partial charge < -0.3 is 78.7 Å². The first-order valence-corrected chi connectivity index (χ1v) is 43.3. The van der Waals surface area contributed by atoms with Crippen LogP contribution in [0.1, 0.15) is 228 Å². The lowest BCUT2D eigenvalue weighted by molar-refractivity contribution is -0.277. The number of aliphatic hydroxyl groups is 8. The largest absolute Gasteiger partial charge is 0.462 e. The van der Waals surface area contributed by atoms with Crippen LogP contribution in [0.15, 0.2) is 170 Å². The predicted octanol–water partition coefficient (Wildman–Crippen LogP) is 19.7. The molecule has 664 valence electrons. The van der Waals surface area contributed by atoms with E-state index in [4.69, 9.17) is 37.9 Å². The maximum Gasteiger partial charge on any atom is 0.266 e. The number of imide groups is 2. The molecule has 11 aromatic carbocycles. The van der Waals surface area contributed by atoms with Gasteiger partial charge in [-0.2, -0.15) is 0 Å². The average molecular weight is 1720 g/mol. The number of hydrogen-bond acceptors (Lipinski definition) is 20. The van der Waals surface area contributed by atoms with Crippen LogP contribution in [0, 0.1) is 21.7 Å². The van der Waals surface area contributed by atoms with E-state index in [2.05, 4.69) is 138 Å². The summed E-state index contributed by atoms with van der Waals surface area (Å²) in [5, 5.41) is 87.0. The summed E-state index contributed by atoms with van der Waals surface area (Å²) in [5.74, 6) is -1.32. The molecule has 22 nitrogen and oxygen atoms in total. The molecule has 4 aliphatic heterocycles. The Morgan fingerprint density at radius 3 is 0.698 bits per heavy atom. The fraction of sp³-hybridized carbons (Fsp3) is 0.423. The first-order chi connectivity index (χ1) is 58.9. The van der Waals surface area contributed by atoms with Crippen LogP contribution in [0.5, 0.6) is 57.5 Å². The summed E-state index contributed by atoms with van der Waals surface area (Å²) >= 11 is 0. The third-order valence-corrected chi connectivity index (χ3v) is 24.6. The van der Waals surface area contributed by atoms with Gasteiger partial charge in [-0.1, -0.05) is 187 Å². The fourth-order valence-electron chi connectivity index (χ4n) is 20.4. The Morgan fingerprint density at radius 1 is 0.278 bits per heavy atom. The number of hydrogen-bond donors (Lipinski definition) is 8. The van der Waals surface area contributed by atoms with Crippen molar-refractivity contribution in [3.8, 4) is 57.5 Å². The van der Waals surface area contributed by atoms with Crippen LogP contribution in [0.2, 0.25) is 0 Å². The van der Waals surface area contributed by atoms with E-state index < -0.39 is 98.3 Å². The number of ether oxygens (including phenoxy) is 8. The first-order valence-electron chi connectivity index (χ1n) is 43.3. The Labute approximate surface area is 735 Å². The van der Waals surface area contributed by atoms with Crippen LogP contribution in [-0.2, 0) is 31.1 Å². The summed E-state index contributed by atoms with van der Waals surface area (Å²) in [6, 6.07) is 49.3. The van der Waals surface area contributed by atoms with Gasteiger partial charge >= 0.3 is 0 Å². The lowest BCUT2D eigenvalue weighted by atomic mass is 9.72. The summed E-state index contributed by atoms with van der Waals surface area (Å²) in [7, 11) is 0. The van der Waals surface area contributed by atoms with E-state index in [1.54, 1.807) is 24.3 Å². The third kappa shape index (κ3) is 17.6.